The van der Waals surface area contributed by atoms with Crippen molar-refractivity contribution in [3.8, 4) is 5.75 Å². The third kappa shape index (κ3) is 6.55. The Bertz CT molecular complexity index is 883. The van der Waals surface area contributed by atoms with Crippen LogP contribution in [0.2, 0.25) is 5.02 Å². The number of aromatic nitrogens is 2. The number of nitrogens with two attached hydrogens (primary N) is 1. The van der Waals surface area contributed by atoms with Crippen LogP contribution in [-0.2, 0) is 10.0 Å². The molecule has 9 heteroatoms. The Balaban J connectivity index is 1.37. The second-order valence-corrected chi connectivity index (χ2v) is 9.62. The smallest absolute Gasteiger partial charge is 0.238 e. The van der Waals surface area contributed by atoms with Gasteiger partial charge in [0.05, 0.1) is 28.9 Å². The molecule has 0 bridgehead atoms. The van der Waals surface area contributed by atoms with Gasteiger partial charge in [0.15, 0.2) is 0 Å². The number of hydrogen-bond acceptors (Lipinski definition) is 6. The number of ether oxygens (including phenoxy) is 1. The maximum Gasteiger partial charge on any atom is 0.238 e. The van der Waals surface area contributed by atoms with E-state index >= 15 is 0 Å². The summed E-state index contributed by atoms with van der Waals surface area (Å²) >= 11 is 5.85. The first-order chi connectivity index (χ1) is 13.8. The first-order valence-electron chi connectivity index (χ1n) is 9.79. The van der Waals surface area contributed by atoms with Crippen LogP contribution in [0.15, 0.2) is 41.6 Å². The van der Waals surface area contributed by atoms with Crippen LogP contribution in [-0.4, -0.2) is 38.1 Å². The Labute approximate surface area is 177 Å². The molecule has 3 rings (SSSR count). The Morgan fingerprint density at radius 2 is 1.83 bits per heavy atom. The lowest BCUT2D eigenvalue weighted by atomic mass is 9.87. The summed E-state index contributed by atoms with van der Waals surface area (Å²) < 4.78 is 28.3. The minimum absolute atomic E-state index is 0.0913. The van der Waals surface area contributed by atoms with E-state index in [0.717, 1.165) is 38.3 Å². The number of piperidine rings is 1. The SMILES string of the molecule is C[C@@H](CCOc1ccc(S(N)(=O)=O)cc1)CC1CCN(c2ncc(Cl)cn2)CC1. The van der Waals surface area contributed by atoms with E-state index in [0.29, 0.717) is 29.2 Å². The average Bonchev–Trinajstić information content (AvgIpc) is 2.69. The average molecular weight is 439 g/mol. The van der Waals surface area contributed by atoms with E-state index in [1.807, 2.05) is 0 Å². The molecule has 7 nitrogen and oxygen atoms in total. The predicted molar refractivity (Wildman–Crippen MR) is 114 cm³/mol. The molecular weight excluding hydrogens is 412 g/mol. The number of nitrogens with zero attached hydrogens (tertiary/aromatic N) is 3. The van der Waals surface area contributed by atoms with Gasteiger partial charge in [0.1, 0.15) is 5.75 Å². The van der Waals surface area contributed by atoms with E-state index < -0.39 is 10.0 Å². The zero-order valence-electron chi connectivity index (χ0n) is 16.5. The van der Waals surface area contributed by atoms with Gasteiger partial charge in [0.2, 0.25) is 16.0 Å². The largest absolute Gasteiger partial charge is 0.494 e. The second-order valence-electron chi connectivity index (χ2n) is 7.63. The number of hydrogen-bond donors (Lipinski definition) is 1. The number of anilines is 1. The molecule has 2 heterocycles. The van der Waals surface area contributed by atoms with Crippen molar-refractivity contribution in [2.45, 2.75) is 37.5 Å². The standard InChI is InChI=1S/C20H27ClN4O3S/c1-15(8-11-28-18-2-4-19(5-3-18)29(22,26)27)12-16-6-9-25(10-7-16)20-23-13-17(21)14-24-20/h2-5,13-16H,6-12H2,1H3,(H2,22,26,27)/t15-/m0/s1. The van der Waals surface area contributed by atoms with Gasteiger partial charge < -0.3 is 9.64 Å². The van der Waals surface area contributed by atoms with E-state index in [1.54, 1.807) is 24.5 Å². The Hall–Kier alpha value is -1.90. The molecule has 1 atom stereocenters. The summed E-state index contributed by atoms with van der Waals surface area (Å²) in [5.74, 6) is 2.66. The van der Waals surface area contributed by atoms with Crippen molar-refractivity contribution in [3.63, 3.8) is 0 Å². The van der Waals surface area contributed by atoms with Crippen LogP contribution in [0.5, 0.6) is 5.75 Å². The van der Waals surface area contributed by atoms with Crippen LogP contribution < -0.4 is 14.8 Å². The highest BCUT2D eigenvalue weighted by Gasteiger charge is 2.22. The summed E-state index contributed by atoms with van der Waals surface area (Å²) in [4.78, 5) is 10.9. The zero-order chi connectivity index (χ0) is 20.9. The van der Waals surface area contributed by atoms with Crippen LogP contribution in [0, 0.1) is 11.8 Å². The van der Waals surface area contributed by atoms with Crippen LogP contribution in [0.1, 0.15) is 32.6 Å². The van der Waals surface area contributed by atoms with Crippen LogP contribution in [0.3, 0.4) is 0 Å². The van der Waals surface area contributed by atoms with E-state index in [-0.39, 0.29) is 4.90 Å². The monoisotopic (exact) mass is 438 g/mol. The summed E-state index contributed by atoms with van der Waals surface area (Å²) in [5.41, 5.74) is 0. The number of primary sulfonamides is 1. The van der Waals surface area contributed by atoms with Gasteiger partial charge in [-0.2, -0.15) is 0 Å². The molecule has 0 aliphatic carbocycles. The molecule has 2 aromatic rings. The number of halogens is 1. The normalized spacial score (nSPS) is 16.6. The van der Waals surface area contributed by atoms with Crippen molar-refractivity contribution in [3.05, 3.63) is 41.7 Å². The summed E-state index contributed by atoms with van der Waals surface area (Å²) in [7, 11) is -3.67. The Morgan fingerprint density at radius 1 is 1.21 bits per heavy atom. The van der Waals surface area contributed by atoms with Crippen LogP contribution in [0.4, 0.5) is 5.95 Å². The fourth-order valence-electron chi connectivity index (χ4n) is 3.63. The number of benzene rings is 1. The predicted octanol–water partition coefficient (Wildman–Crippen LogP) is 3.49. The minimum atomic E-state index is -3.67. The molecule has 0 unspecified atom stereocenters. The fourth-order valence-corrected chi connectivity index (χ4v) is 4.24. The van der Waals surface area contributed by atoms with Gasteiger partial charge in [-0.05, 0) is 61.8 Å². The zero-order valence-corrected chi connectivity index (χ0v) is 18.1. The summed E-state index contributed by atoms with van der Waals surface area (Å²) in [6.07, 6.45) is 7.67. The van der Waals surface area contributed by atoms with Crippen molar-refractivity contribution < 1.29 is 13.2 Å². The first kappa shape index (κ1) is 21.8. The lowest BCUT2D eigenvalue weighted by Crippen LogP contribution is -2.35. The molecule has 1 aliphatic rings. The van der Waals surface area contributed by atoms with Gasteiger partial charge >= 0.3 is 0 Å². The van der Waals surface area contributed by atoms with Crippen molar-refractivity contribution in [2.75, 3.05) is 24.6 Å². The van der Waals surface area contributed by atoms with E-state index in [9.17, 15) is 8.42 Å². The minimum Gasteiger partial charge on any atom is -0.494 e. The molecule has 0 amide bonds. The van der Waals surface area contributed by atoms with Crippen molar-refractivity contribution >= 4 is 27.6 Å². The topological polar surface area (TPSA) is 98.4 Å². The molecule has 1 fully saturated rings. The van der Waals surface area contributed by atoms with E-state index in [2.05, 4.69) is 21.8 Å². The van der Waals surface area contributed by atoms with E-state index in [1.165, 1.54) is 18.6 Å². The van der Waals surface area contributed by atoms with Crippen molar-refractivity contribution in [1.29, 1.82) is 0 Å². The molecule has 1 aliphatic heterocycles. The second kappa shape index (κ2) is 9.73. The summed E-state index contributed by atoms with van der Waals surface area (Å²) in [6, 6.07) is 6.20. The van der Waals surface area contributed by atoms with Gasteiger partial charge in [0.25, 0.3) is 0 Å². The number of sulfonamides is 1. The van der Waals surface area contributed by atoms with Gasteiger partial charge in [-0.25, -0.2) is 23.5 Å². The van der Waals surface area contributed by atoms with Gasteiger partial charge in [-0.3, -0.25) is 0 Å². The first-order valence-corrected chi connectivity index (χ1v) is 11.7. The molecule has 0 radical (unpaired) electrons. The van der Waals surface area contributed by atoms with Gasteiger partial charge in [-0.15, -0.1) is 0 Å². The molecular formula is C20H27ClN4O3S. The quantitative estimate of drug-likeness (QED) is 0.677. The molecule has 1 saturated heterocycles. The lowest BCUT2D eigenvalue weighted by molar-refractivity contribution is 0.252. The molecule has 2 N–H and O–H groups in total. The molecule has 1 aromatic carbocycles. The van der Waals surface area contributed by atoms with Gasteiger partial charge in [0, 0.05) is 13.1 Å². The highest BCUT2D eigenvalue weighted by atomic mass is 35.5. The third-order valence-electron chi connectivity index (χ3n) is 5.27. The molecule has 29 heavy (non-hydrogen) atoms. The van der Waals surface area contributed by atoms with Gasteiger partial charge in [-0.1, -0.05) is 18.5 Å². The maximum atomic E-state index is 11.3. The summed E-state index contributed by atoms with van der Waals surface area (Å²) in [6.45, 7) is 4.79. The maximum absolute atomic E-state index is 11.3. The molecule has 1 aromatic heterocycles. The third-order valence-corrected chi connectivity index (χ3v) is 6.40. The molecule has 158 valence electrons. The Kier molecular flexibility index (Phi) is 7.32. The fraction of sp³-hybridized carbons (Fsp3) is 0.500. The van der Waals surface area contributed by atoms with Crippen molar-refractivity contribution in [1.82, 2.24) is 9.97 Å². The summed E-state index contributed by atoms with van der Waals surface area (Å²) in [5, 5.41) is 5.65. The molecule has 0 saturated carbocycles. The van der Waals surface area contributed by atoms with Crippen LogP contribution in [0.25, 0.3) is 0 Å². The van der Waals surface area contributed by atoms with Crippen molar-refractivity contribution in [2.24, 2.45) is 17.0 Å². The lowest BCUT2D eigenvalue weighted by Gasteiger charge is -2.33. The van der Waals surface area contributed by atoms with Crippen LogP contribution >= 0.6 is 11.6 Å². The number of rotatable bonds is 8. The highest BCUT2D eigenvalue weighted by Crippen LogP contribution is 2.27. The highest BCUT2D eigenvalue weighted by molar-refractivity contribution is 7.89. The molecule has 0 spiro atoms. The van der Waals surface area contributed by atoms with E-state index in [4.69, 9.17) is 21.5 Å². The Morgan fingerprint density at radius 3 is 2.41 bits per heavy atom.